The van der Waals surface area contributed by atoms with Crippen molar-refractivity contribution in [3.05, 3.63) is 72.3 Å². The molecule has 0 aliphatic rings. The van der Waals surface area contributed by atoms with Gasteiger partial charge < -0.3 is 20.1 Å². The summed E-state index contributed by atoms with van der Waals surface area (Å²) in [5.74, 6) is 0.361. The molecule has 0 bridgehead atoms. The molecule has 0 spiro atoms. The van der Waals surface area contributed by atoms with Crippen LogP contribution in [0.5, 0.6) is 11.5 Å². The Bertz CT molecular complexity index is 1270. The summed E-state index contributed by atoms with van der Waals surface area (Å²) >= 11 is 0. The third-order valence-electron chi connectivity index (χ3n) is 4.61. The molecule has 3 N–H and O–H groups in total. The first-order valence-corrected chi connectivity index (χ1v) is 11.8. The molecule has 0 fully saturated rings. The van der Waals surface area contributed by atoms with Crippen molar-refractivity contribution in [2.75, 3.05) is 29.1 Å². The van der Waals surface area contributed by atoms with Crippen LogP contribution in [0.1, 0.15) is 24.2 Å². The fourth-order valence-electron chi connectivity index (χ4n) is 3.06. The maximum atomic E-state index is 12.6. The first-order valence-electron chi connectivity index (χ1n) is 10.3. The van der Waals surface area contributed by atoms with Crippen LogP contribution in [0.2, 0.25) is 0 Å². The van der Waals surface area contributed by atoms with Crippen LogP contribution in [-0.4, -0.2) is 33.9 Å². The Balaban J connectivity index is 1.69. The third-order valence-corrected chi connectivity index (χ3v) is 6.01. The first kappa shape index (κ1) is 24.6. The van der Waals surface area contributed by atoms with E-state index in [1.807, 2.05) is 6.92 Å². The average molecular weight is 484 g/mol. The maximum Gasteiger partial charge on any atom is 0.261 e. The van der Waals surface area contributed by atoms with Crippen molar-refractivity contribution in [3.8, 4) is 11.5 Å². The Morgan fingerprint density at radius 1 is 0.882 bits per heavy atom. The summed E-state index contributed by atoms with van der Waals surface area (Å²) in [5, 5.41) is 5.38. The van der Waals surface area contributed by atoms with Gasteiger partial charge in [-0.1, -0.05) is 0 Å². The number of hydrogen-bond donors (Lipinski definition) is 3. The van der Waals surface area contributed by atoms with Gasteiger partial charge in [-0.15, -0.1) is 0 Å². The standard InChI is InChI=1S/C24H25N3O6S/c1-4-33-20-10-12-21(13-11-20)34(30,31)27-18-7-5-17(6-8-18)24(29)26-19-9-14-23(32-3)22(15-19)25-16(2)28/h5-15,27H,4H2,1-3H3,(H,25,28)(H,26,29). The van der Waals surface area contributed by atoms with Crippen LogP contribution in [-0.2, 0) is 14.8 Å². The highest BCUT2D eigenvalue weighted by Crippen LogP contribution is 2.28. The second-order valence-electron chi connectivity index (χ2n) is 7.14. The highest BCUT2D eigenvalue weighted by Gasteiger charge is 2.15. The third kappa shape index (κ3) is 6.26. The maximum absolute atomic E-state index is 12.6. The molecular weight excluding hydrogens is 458 g/mol. The minimum atomic E-state index is -3.80. The fourth-order valence-corrected chi connectivity index (χ4v) is 4.12. The zero-order chi connectivity index (χ0) is 24.7. The van der Waals surface area contributed by atoms with Crippen molar-refractivity contribution in [1.82, 2.24) is 0 Å². The minimum absolute atomic E-state index is 0.0900. The predicted octanol–water partition coefficient (Wildman–Crippen LogP) is 4.11. The quantitative estimate of drug-likeness (QED) is 0.421. The van der Waals surface area contributed by atoms with E-state index >= 15 is 0 Å². The molecule has 0 atom stereocenters. The van der Waals surface area contributed by atoms with E-state index in [-0.39, 0.29) is 10.8 Å². The van der Waals surface area contributed by atoms with Crippen molar-refractivity contribution in [1.29, 1.82) is 0 Å². The van der Waals surface area contributed by atoms with Gasteiger partial charge in [0.15, 0.2) is 0 Å². The van der Waals surface area contributed by atoms with E-state index in [1.165, 1.54) is 50.4 Å². The first-order chi connectivity index (χ1) is 16.2. The number of carbonyl (C=O) groups excluding carboxylic acids is 2. The van der Waals surface area contributed by atoms with Crippen LogP contribution in [0, 0.1) is 0 Å². The van der Waals surface area contributed by atoms with Crippen LogP contribution in [0.25, 0.3) is 0 Å². The van der Waals surface area contributed by atoms with Crippen molar-refractivity contribution in [2.24, 2.45) is 0 Å². The monoisotopic (exact) mass is 483 g/mol. The van der Waals surface area contributed by atoms with Crippen LogP contribution >= 0.6 is 0 Å². The molecule has 3 rings (SSSR count). The van der Waals surface area contributed by atoms with Gasteiger partial charge in [0.2, 0.25) is 5.91 Å². The number of benzene rings is 3. The van der Waals surface area contributed by atoms with Crippen LogP contribution in [0.4, 0.5) is 17.1 Å². The van der Waals surface area contributed by atoms with Gasteiger partial charge in [0.1, 0.15) is 11.5 Å². The minimum Gasteiger partial charge on any atom is -0.495 e. The van der Waals surface area contributed by atoms with Gasteiger partial charge in [0.05, 0.1) is 24.3 Å². The number of sulfonamides is 1. The van der Waals surface area contributed by atoms with Crippen molar-refractivity contribution in [3.63, 3.8) is 0 Å². The van der Waals surface area contributed by atoms with Crippen LogP contribution < -0.4 is 24.8 Å². The Kier molecular flexibility index (Phi) is 7.75. The Labute approximate surface area is 198 Å². The van der Waals surface area contributed by atoms with E-state index in [1.54, 1.807) is 30.3 Å². The van der Waals surface area contributed by atoms with Crippen LogP contribution in [0.15, 0.2) is 71.6 Å². The van der Waals surface area contributed by atoms with Crippen molar-refractivity contribution < 1.29 is 27.5 Å². The second-order valence-corrected chi connectivity index (χ2v) is 8.82. The van der Waals surface area contributed by atoms with Crippen molar-refractivity contribution in [2.45, 2.75) is 18.7 Å². The van der Waals surface area contributed by atoms with E-state index in [9.17, 15) is 18.0 Å². The molecule has 2 amide bonds. The lowest BCUT2D eigenvalue weighted by molar-refractivity contribution is -0.114. The number of carbonyl (C=O) groups is 2. The van der Waals surface area contributed by atoms with Gasteiger partial charge in [-0.05, 0) is 73.7 Å². The van der Waals surface area contributed by atoms with Gasteiger partial charge in [0.25, 0.3) is 15.9 Å². The predicted molar refractivity (Wildman–Crippen MR) is 130 cm³/mol. The SMILES string of the molecule is CCOc1ccc(S(=O)(=O)Nc2ccc(C(=O)Nc3ccc(OC)c(NC(C)=O)c3)cc2)cc1. The molecule has 3 aromatic carbocycles. The van der Waals surface area contributed by atoms with Gasteiger partial charge in [0, 0.05) is 23.9 Å². The lowest BCUT2D eigenvalue weighted by Gasteiger charge is -2.12. The van der Waals surface area contributed by atoms with E-state index in [0.29, 0.717) is 40.7 Å². The van der Waals surface area contributed by atoms with E-state index in [0.717, 1.165) is 0 Å². The molecule has 178 valence electrons. The van der Waals surface area contributed by atoms with E-state index in [2.05, 4.69) is 15.4 Å². The topological polar surface area (TPSA) is 123 Å². The number of hydrogen-bond acceptors (Lipinski definition) is 6. The molecule has 0 aliphatic carbocycles. The summed E-state index contributed by atoms with van der Waals surface area (Å²) < 4.78 is 38.3. The van der Waals surface area contributed by atoms with Gasteiger partial charge in [-0.2, -0.15) is 0 Å². The summed E-state index contributed by atoms with van der Waals surface area (Å²) in [6, 6.07) is 16.9. The molecule has 0 saturated carbocycles. The Morgan fingerprint density at radius 2 is 1.53 bits per heavy atom. The van der Waals surface area contributed by atoms with E-state index < -0.39 is 15.9 Å². The number of methoxy groups -OCH3 is 1. The molecule has 0 radical (unpaired) electrons. The lowest BCUT2D eigenvalue weighted by atomic mass is 10.2. The lowest BCUT2D eigenvalue weighted by Crippen LogP contribution is -2.14. The van der Waals surface area contributed by atoms with Crippen LogP contribution in [0.3, 0.4) is 0 Å². The van der Waals surface area contributed by atoms with Gasteiger partial charge >= 0.3 is 0 Å². The summed E-state index contributed by atoms with van der Waals surface area (Å²) in [5.41, 5.74) is 1.51. The van der Waals surface area contributed by atoms with Gasteiger partial charge in [-0.25, -0.2) is 8.42 Å². The normalized spacial score (nSPS) is 10.8. The van der Waals surface area contributed by atoms with E-state index in [4.69, 9.17) is 9.47 Å². The molecule has 3 aromatic rings. The largest absolute Gasteiger partial charge is 0.495 e. The molecule has 10 heteroatoms. The summed E-state index contributed by atoms with van der Waals surface area (Å²) in [4.78, 5) is 24.1. The number of rotatable bonds is 9. The zero-order valence-electron chi connectivity index (χ0n) is 18.9. The molecule has 9 nitrogen and oxygen atoms in total. The number of ether oxygens (including phenoxy) is 2. The smallest absolute Gasteiger partial charge is 0.261 e. The molecule has 0 aromatic heterocycles. The zero-order valence-corrected chi connectivity index (χ0v) is 19.7. The highest BCUT2D eigenvalue weighted by molar-refractivity contribution is 7.92. The Hall–Kier alpha value is -4.05. The number of amides is 2. The van der Waals surface area contributed by atoms with Gasteiger partial charge in [-0.3, -0.25) is 14.3 Å². The van der Waals surface area contributed by atoms with Crippen molar-refractivity contribution >= 4 is 38.9 Å². The summed E-state index contributed by atoms with van der Waals surface area (Å²) in [6.45, 7) is 3.70. The summed E-state index contributed by atoms with van der Waals surface area (Å²) in [7, 11) is -2.32. The summed E-state index contributed by atoms with van der Waals surface area (Å²) in [6.07, 6.45) is 0. The molecule has 0 heterocycles. The molecule has 0 aliphatic heterocycles. The average Bonchev–Trinajstić information content (AvgIpc) is 2.80. The molecular formula is C24H25N3O6S. The molecule has 0 unspecified atom stereocenters. The Morgan fingerprint density at radius 3 is 2.12 bits per heavy atom. The second kappa shape index (κ2) is 10.7. The fraction of sp³-hybridized carbons (Fsp3) is 0.167. The molecule has 34 heavy (non-hydrogen) atoms. The molecule has 0 saturated heterocycles. The number of anilines is 3. The number of nitrogens with one attached hydrogen (secondary N) is 3. The highest BCUT2D eigenvalue weighted by atomic mass is 32.2.